The summed E-state index contributed by atoms with van der Waals surface area (Å²) >= 11 is 3.28. The van der Waals surface area contributed by atoms with E-state index >= 15 is 0 Å². The maximum atomic E-state index is 11.7. The monoisotopic (exact) mass is 308 g/mol. The number of nitrogens with one attached hydrogen (secondary N) is 1. The van der Waals surface area contributed by atoms with E-state index in [-0.39, 0.29) is 5.91 Å². The van der Waals surface area contributed by atoms with Gasteiger partial charge in [-0.15, -0.1) is 0 Å². The van der Waals surface area contributed by atoms with Crippen molar-refractivity contribution in [3.8, 4) is 0 Å². The lowest BCUT2D eigenvalue weighted by Crippen LogP contribution is -2.26. The molecule has 0 bridgehead atoms. The molecule has 2 rings (SSSR count). The first-order valence-electron chi connectivity index (χ1n) is 5.53. The SMILES string of the molecule is Cn1ccc(CCNC(=O)c2ccc(Br)cn2)n1. The molecule has 2 aromatic heterocycles. The fourth-order valence-corrected chi connectivity index (χ4v) is 1.74. The molecule has 18 heavy (non-hydrogen) atoms. The van der Waals surface area contributed by atoms with Crippen molar-refractivity contribution < 1.29 is 4.79 Å². The van der Waals surface area contributed by atoms with E-state index < -0.39 is 0 Å². The summed E-state index contributed by atoms with van der Waals surface area (Å²) in [5.41, 5.74) is 1.38. The molecule has 0 aliphatic rings. The molecule has 2 heterocycles. The minimum atomic E-state index is -0.168. The third kappa shape index (κ3) is 3.40. The molecular weight excluding hydrogens is 296 g/mol. The van der Waals surface area contributed by atoms with E-state index in [0.717, 1.165) is 10.2 Å². The van der Waals surface area contributed by atoms with Crippen molar-refractivity contribution in [2.45, 2.75) is 6.42 Å². The zero-order valence-electron chi connectivity index (χ0n) is 9.93. The van der Waals surface area contributed by atoms with Gasteiger partial charge in [0.05, 0.1) is 5.69 Å². The molecule has 5 nitrogen and oxygen atoms in total. The topological polar surface area (TPSA) is 59.8 Å². The predicted octanol–water partition coefficient (Wildman–Crippen LogP) is 1.55. The third-order valence-electron chi connectivity index (χ3n) is 2.40. The van der Waals surface area contributed by atoms with Crippen LogP contribution in [0.1, 0.15) is 16.2 Å². The lowest BCUT2D eigenvalue weighted by molar-refractivity contribution is 0.0949. The van der Waals surface area contributed by atoms with Crippen LogP contribution in [0.15, 0.2) is 35.1 Å². The number of aromatic nitrogens is 3. The van der Waals surface area contributed by atoms with E-state index in [4.69, 9.17) is 0 Å². The summed E-state index contributed by atoms with van der Waals surface area (Å²) in [4.78, 5) is 15.8. The molecule has 0 saturated heterocycles. The number of carbonyl (C=O) groups is 1. The average Bonchev–Trinajstić information content (AvgIpc) is 2.76. The molecule has 0 radical (unpaired) electrons. The summed E-state index contributed by atoms with van der Waals surface area (Å²) in [6.07, 6.45) is 4.20. The highest BCUT2D eigenvalue weighted by Gasteiger charge is 2.06. The number of rotatable bonds is 4. The molecule has 2 aromatic rings. The van der Waals surface area contributed by atoms with Crippen LogP contribution in [0.4, 0.5) is 0 Å². The van der Waals surface area contributed by atoms with Gasteiger partial charge in [-0.2, -0.15) is 5.10 Å². The van der Waals surface area contributed by atoms with Crippen molar-refractivity contribution >= 4 is 21.8 Å². The van der Waals surface area contributed by atoms with Crippen molar-refractivity contribution in [1.82, 2.24) is 20.1 Å². The largest absolute Gasteiger partial charge is 0.350 e. The highest BCUT2D eigenvalue weighted by molar-refractivity contribution is 9.10. The molecule has 0 aliphatic heterocycles. The zero-order chi connectivity index (χ0) is 13.0. The molecule has 0 atom stereocenters. The van der Waals surface area contributed by atoms with E-state index in [2.05, 4.69) is 31.3 Å². The number of carbonyl (C=O) groups excluding carboxylic acids is 1. The number of halogens is 1. The Balaban J connectivity index is 1.83. The number of amides is 1. The van der Waals surface area contributed by atoms with Crippen molar-refractivity contribution in [3.63, 3.8) is 0 Å². The summed E-state index contributed by atoms with van der Waals surface area (Å²) < 4.78 is 2.60. The van der Waals surface area contributed by atoms with Crippen LogP contribution < -0.4 is 5.32 Å². The first-order chi connectivity index (χ1) is 8.65. The Hall–Kier alpha value is -1.69. The molecule has 0 saturated carbocycles. The van der Waals surface area contributed by atoms with E-state index in [9.17, 15) is 4.79 Å². The molecule has 0 aliphatic carbocycles. The summed E-state index contributed by atoms with van der Waals surface area (Å²) in [5.74, 6) is -0.168. The third-order valence-corrected chi connectivity index (χ3v) is 2.86. The van der Waals surface area contributed by atoms with Crippen molar-refractivity contribution in [1.29, 1.82) is 0 Å². The number of hydrogen-bond acceptors (Lipinski definition) is 3. The quantitative estimate of drug-likeness (QED) is 0.932. The summed E-state index contributed by atoms with van der Waals surface area (Å²) in [6.45, 7) is 0.549. The van der Waals surface area contributed by atoms with Gasteiger partial charge >= 0.3 is 0 Å². The van der Waals surface area contributed by atoms with Crippen LogP contribution in [0, 0.1) is 0 Å². The highest BCUT2D eigenvalue weighted by atomic mass is 79.9. The zero-order valence-corrected chi connectivity index (χ0v) is 11.5. The van der Waals surface area contributed by atoms with Crippen LogP contribution in [0.3, 0.4) is 0 Å². The Kier molecular flexibility index (Phi) is 4.09. The maximum Gasteiger partial charge on any atom is 0.269 e. The van der Waals surface area contributed by atoms with Crippen LogP contribution in [0.25, 0.3) is 0 Å². The molecule has 94 valence electrons. The number of aryl methyl sites for hydroxylation is 1. The Morgan fingerprint density at radius 2 is 2.28 bits per heavy atom. The van der Waals surface area contributed by atoms with Gasteiger partial charge in [0.1, 0.15) is 5.69 Å². The smallest absolute Gasteiger partial charge is 0.269 e. The molecular formula is C12H13BrN4O. The number of hydrogen-bond donors (Lipinski definition) is 1. The van der Waals surface area contributed by atoms with Crippen LogP contribution in [-0.4, -0.2) is 27.2 Å². The standard InChI is InChI=1S/C12H13BrN4O/c1-17-7-5-10(16-17)4-6-14-12(18)11-3-2-9(13)8-15-11/h2-3,5,7-8H,4,6H2,1H3,(H,14,18). The fraction of sp³-hybridized carbons (Fsp3) is 0.250. The van der Waals surface area contributed by atoms with E-state index in [0.29, 0.717) is 18.7 Å². The first-order valence-corrected chi connectivity index (χ1v) is 6.33. The van der Waals surface area contributed by atoms with Gasteiger partial charge in [-0.05, 0) is 34.1 Å². The normalized spacial score (nSPS) is 10.3. The molecule has 0 fully saturated rings. The van der Waals surface area contributed by atoms with Gasteiger partial charge in [-0.3, -0.25) is 9.48 Å². The average molecular weight is 309 g/mol. The Morgan fingerprint density at radius 3 is 2.89 bits per heavy atom. The number of pyridine rings is 1. The fourth-order valence-electron chi connectivity index (χ4n) is 1.50. The van der Waals surface area contributed by atoms with Crippen LogP contribution >= 0.6 is 15.9 Å². The van der Waals surface area contributed by atoms with Crippen LogP contribution in [0.2, 0.25) is 0 Å². The molecule has 0 spiro atoms. The van der Waals surface area contributed by atoms with Crippen molar-refractivity contribution in [3.05, 3.63) is 46.5 Å². The second kappa shape index (κ2) is 5.77. The van der Waals surface area contributed by atoms with E-state index in [1.54, 1.807) is 23.0 Å². The summed E-state index contributed by atoms with van der Waals surface area (Å²) in [6, 6.07) is 5.41. The van der Waals surface area contributed by atoms with Crippen LogP contribution in [0.5, 0.6) is 0 Å². The van der Waals surface area contributed by atoms with Gasteiger partial charge in [0.2, 0.25) is 0 Å². The van der Waals surface area contributed by atoms with Gasteiger partial charge in [0.25, 0.3) is 5.91 Å². The van der Waals surface area contributed by atoms with Gasteiger partial charge in [0, 0.05) is 36.9 Å². The second-order valence-electron chi connectivity index (χ2n) is 3.85. The molecule has 0 aromatic carbocycles. The maximum absolute atomic E-state index is 11.7. The minimum Gasteiger partial charge on any atom is -0.350 e. The predicted molar refractivity (Wildman–Crippen MR) is 71.2 cm³/mol. The van der Waals surface area contributed by atoms with Gasteiger partial charge in [-0.1, -0.05) is 0 Å². The van der Waals surface area contributed by atoms with Gasteiger partial charge in [-0.25, -0.2) is 4.98 Å². The first kappa shape index (κ1) is 12.8. The van der Waals surface area contributed by atoms with Crippen LogP contribution in [-0.2, 0) is 13.5 Å². The minimum absolute atomic E-state index is 0.168. The second-order valence-corrected chi connectivity index (χ2v) is 4.76. The van der Waals surface area contributed by atoms with E-state index in [1.807, 2.05) is 19.3 Å². The Labute approximate surface area is 113 Å². The van der Waals surface area contributed by atoms with Gasteiger partial charge < -0.3 is 5.32 Å². The van der Waals surface area contributed by atoms with Crippen molar-refractivity contribution in [2.75, 3.05) is 6.54 Å². The lowest BCUT2D eigenvalue weighted by Gasteiger charge is -2.03. The highest BCUT2D eigenvalue weighted by Crippen LogP contribution is 2.07. The lowest BCUT2D eigenvalue weighted by atomic mass is 10.3. The summed E-state index contributed by atoms with van der Waals surface area (Å²) in [7, 11) is 1.87. The Morgan fingerprint density at radius 1 is 1.44 bits per heavy atom. The molecule has 0 unspecified atom stereocenters. The summed E-state index contributed by atoms with van der Waals surface area (Å²) in [5, 5.41) is 7.05. The molecule has 6 heteroatoms. The van der Waals surface area contributed by atoms with Gasteiger partial charge in [0.15, 0.2) is 0 Å². The van der Waals surface area contributed by atoms with E-state index in [1.165, 1.54) is 0 Å². The molecule has 1 N–H and O–H groups in total. The van der Waals surface area contributed by atoms with Crippen molar-refractivity contribution in [2.24, 2.45) is 7.05 Å². The molecule has 1 amide bonds. The Bertz CT molecular complexity index is 535. The number of nitrogens with zero attached hydrogens (tertiary/aromatic N) is 3.